The van der Waals surface area contributed by atoms with Gasteiger partial charge in [-0.05, 0) is 5.56 Å². The van der Waals surface area contributed by atoms with Crippen LogP contribution >= 0.6 is 0 Å². The van der Waals surface area contributed by atoms with Crippen LogP contribution in [0.2, 0.25) is 0 Å². The van der Waals surface area contributed by atoms with Crippen molar-refractivity contribution in [2.45, 2.75) is 6.61 Å². The van der Waals surface area contributed by atoms with Crippen LogP contribution in [0.1, 0.15) is 5.56 Å². The van der Waals surface area contributed by atoms with E-state index in [2.05, 4.69) is 4.18 Å². The molecule has 0 radical (unpaired) electrons. The van der Waals surface area contributed by atoms with Crippen LogP contribution in [0.25, 0.3) is 0 Å². The molecule has 0 aliphatic rings. The van der Waals surface area contributed by atoms with Crippen LogP contribution in [0, 0.1) is 0 Å². The SMILES string of the molecule is O=S(=O)([O-])OCc1ccccc1.[NH4+]. The molecule has 4 N–H and O–H groups in total. The minimum absolute atomic E-state index is 0. The van der Waals surface area contributed by atoms with Gasteiger partial charge in [0.2, 0.25) is 10.4 Å². The Kier molecular flexibility index (Phi) is 4.57. The second-order valence-corrected chi connectivity index (χ2v) is 3.21. The molecule has 1 rings (SSSR count). The van der Waals surface area contributed by atoms with Gasteiger partial charge in [-0.3, -0.25) is 4.18 Å². The first-order valence-electron chi connectivity index (χ1n) is 3.22. The summed E-state index contributed by atoms with van der Waals surface area (Å²) in [5.41, 5.74) is 0.650. The summed E-state index contributed by atoms with van der Waals surface area (Å²) in [7, 11) is -4.57. The Morgan fingerprint density at radius 3 is 2.23 bits per heavy atom. The summed E-state index contributed by atoms with van der Waals surface area (Å²) >= 11 is 0. The highest BCUT2D eigenvalue weighted by Crippen LogP contribution is 2.01. The Bertz CT molecular complexity index is 335. The van der Waals surface area contributed by atoms with Gasteiger partial charge in [-0.25, -0.2) is 8.42 Å². The first kappa shape index (κ1) is 12.0. The van der Waals surface area contributed by atoms with Crippen LogP contribution in [-0.2, 0) is 21.2 Å². The van der Waals surface area contributed by atoms with Gasteiger partial charge >= 0.3 is 0 Å². The van der Waals surface area contributed by atoms with E-state index in [4.69, 9.17) is 0 Å². The van der Waals surface area contributed by atoms with Crippen molar-refractivity contribution in [1.29, 1.82) is 0 Å². The van der Waals surface area contributed by atoms with E-state index < -0.39 is 10.4 Å². The van der Waals surface area contributed by atoms with E-state index in [9.17, 15) is 13.0 Å². The molecule has 0 aliphatic heterocycles. The number of hydrogen-bond donors (Lipinski definition) is 1. The average Bonchev–Trinajstić information content (AvgIpc) is 2.02. The molecule has 0 spiro atoms. The molecule has 0 saturated heterocycles. The largest absolute Gasteiger partial charge is 0.726 e. The highest BCUT2D eigenvalue weighted by molar-refractivity contribution is 7.80. The topological polar surface area (TPSA) is 103 Å². The standard InChI is InChI=1S/C7H8O4S.H3N/c8-12(9,10)11-6-7-4-2-1-3-5-7;/h1-5H,6H2,(H,8,9,10);1H3. The summed E-state index contributed by atoms with van der Waals surface area (Å²) in [5, 5.41) is 0. The fourth-order valence-electron chi connectivity index (χ4n) is 0.714. The third-order valence-corrected chi connectivity index (χ3v) is 1.62. The van der Waals surface area contributed by atoms with E-state index >= 15 is 0 Å². The van der Waals surface area contributed by atoms with Crippen LogP contribution in [0.4, 0.5) is 0 Å². The Hall–Kier alpha value is -0.950. The van der Waals surface area contributed by atoms with E-state index in [1.54, 1.807) is 30.3 Å². The molecule has 0 unspecified atom stereocenters. The van der Waals surface area contributed by atoms with Gasteiger partial charge in [-0.1, -0.05) is 30.3 Å². The normalized spacial score (nSPS) is 10.5. The lowest BCUT2D eigenvalue weighted by Gasteiger charge is -2.06. The second-order valence-electron chi connectivity index (χ2n) is 2.16. The maximum atomic E-state index is 10.0. The van der Waals surface area contributed by atoms with Crippen LogP contribution in [0.5, 0.6) is 0 Å². The van der Waals surface area contributed by atoms with E-state index in [1.165, 1.54) is 0 Å². The lowest BCUT2D eigenvalue weighted by atomic mass is 10.2. The van der Waals surface area contributed by atoms with Crippen molar-refractivity contribution in [3.05, 3.63) is 35.9 Å². The van der Waals surface area contributed by atoms with Crippen molar-refractivity contribution < 1.29 is 17.2 Å². The summed E-state index contributed by atoms with van der Waals surface area (Å²) in [5.74, 6) is 0. The monoisotopic (exact) mass is 205 g/mol. The Morgan fingerprint density at radius 1 is 1.23 bits per heavy atom. The molecule has 13 heavy (non-hydrogen) atoms. The van der Waals surface area contributed by atoms with Gasteiger partial charge in [0.25, 0.3) is 0 Å². The van der Waals surface area contributed by atoms with Crippen molar-refractivity contribution in [2.75, 3.05) is 0 Å². The number of benzene rings is 1. The molecule has 0 heterocycles. The summed E-state index contributed by atoms with van der Waals surface area (Å²) in [4.78, 5) is 0. The predicted octanol–water partition coefficient (Wildman–Crippen LogP) is 1.04. The van der Waals surface area contributed by atoms with Gasteiger partial charge < -0.3 is 10.7 Å². The number of quaternary nitrogens is 1. The zero-order valence-electron chi connectivity index (χ0n) is 7.14. The van der Waals surface area contributed by atoms with Gasteiger partial charge in [-0.2, -0.15) is 0 Å². The molecule has 0 aromatic heterocycles. The van der Waals surface area contributed by atoms with E-state index in [0.717, 1.165) is 0 Å². The smallest absolute Gasteiger partial charge is 0.217 e. The van der Waals surface area contributed by atoms with E-state index in [-0.39, 0.29) is 12.8 Å². The molecular weight excluding hydrogens is 194 g/mol. The highest BCUT2D eigenvalue weighted by Gasteiger charge is 1.95. The Balaban J connectivity index is 0.00000144. The van der Waals surface area contributed by atoms with Crippen molar-refractivity contribution in [2.24, 2.45) is 0 Å². The molecule has 1 aromatic carbocycles. The molecule has 0 bridgehead atoms. The number of hydrogen-bond acceptors (Lipinski definition) is 4. The van der Waals surface area contributed by atoms with Crippen LogP contribution in [0.3, 0.4) is 0 Å². The van der Waals surface area contributed by atoms with Crippen LogP contribution in [-0.4, -0.2) is 13.0 Å². The quantitative estimate of drug-likeness (QED) is 0.588. The Morgan fingerprint density at radius 2 is 1.77 bits per heavy atom. The lowest BCUT2D eigenvalue weighted by Crippen LogP contribution is -2.03. The van der Waals surface area contributed by atoms with Crippen molar-refractivity contribution >= 4 is 10.4 Å². The van der Waals surface area contributed by atoms with E-state index in [0.29, 0.717) is 5.56 Å². The third kappa shape index (κ3) is 5.31. The average molecular weight is 205 g/mol. The second kappa shape index (κ2) is 4.93. The van der Waals surface area contributed by atoms with Gasteiger partial charge in [-0.15, -0.1) is 0 Å². The van der Waals surface area contributed by atoms with Gasteiger partial charge in [0, 0.05) is 0 Å². The minimum Gasteiger partial charge on any atom is -0.726 e. The highest BCUT2D eigenvalue weighted by atomic mass is 32.3. The van der Waals surface area contributed by atoms with Crippen molar-refractivity contribution in [3.63, 3.8) is 0 Å². The summed E-state index contributed by atoms with van der Waals surface area (Å²) in [6.45, 7) is -0.202. The maximum absolute atomic E-state index is 10.0. The molecule has 0 amide bonds. The first-order valence-corrected chi connectivity index (χ1v) is 4.55. The lowest BCUT2D eigenvalue weighted by molar-refractivity contribution is 0.253. The first-order chi connectivity index (χ1) is 5.58. The van der Waals surface area contributed by atoms with Crippen molar-refractivity contribution in [3.8, 4) is 0 Å². The van der Waals surface area contributed by atoms with Gasteiger partial charge in [0.15, 0.2) is 0 Å². The molecule has 0 fully saturated rings. The molecule has 1 aromatic rings. The molecule has 6 heteroatoms. The zero-order chi connectivity index (χ0) is 9.03. The Labute approximate surface area is 76.9 Å². The molecule has 74 valence electrons. The predicted molar refractivity (Wildman–Crippen MR) is 46.9 cm³/mol. The molecule has 0 aliphatic carbocycles. The van der Waals surface area contributed by atoms with Crippen LogP contribution in [0.15, 0.2) is 30.3 Å². The fourth-order valence-corrected chi connectivity index (χ4v) is 0.995. The third-order valence-electron chi connectivity index (χ3n) is 1.21. The molecular formula is C7H11NO4S. The van der Waals surface area contributed by atoms with Crippen molar-refractivity contribution in [1.82, 2.24) is 6.15 Å². The fraction of sp³-hybridized carbons (Fsp3) is 0.143. The molecule has 5 nitrogen and oxygen atoms in total. The number of rotatable bonds is 3. The summed E-state index contributed by atoms with van der Waals surface area (Å²) < 4.78 is 34.1. The zero-order valence-corrected chi connectivity index (χ0v) is 7.95. The summed E-state index contributed by atoms with van der Waals surface area (Å²) in [6.07, 6.45) is 0. The summed E-state index contributed by atoms with van der Waals surface area (Å²) in [6, 6.07) is 8.60. The molecule has 0 saturated carbocycles. The van der Waals surface area contributed by atoms with Gasteiger partial charge in [0.1, 0.15) is 0 Å². The maximum Gasteiger partial charge on any atom is 0.217 e. The minimum atomic E-state index is -4.57. The van der Waals surface area contributed by atoms with Crippen LogP contribution < -0.4 is 6.15 Å². The molecule has 0 atom stereocenters. The van der Waals surface area contributed by atoms with Gasteiger partial charge in [0.05, 0.1) is 6.61 Å². The van der Waals surface area contributed by atoms with E-state index in [1.807, 2.05) is 0 Å².